The molecule has 0 amide bonds. The maximum absolute atomic E-state index is 5.84. The summed E-state index contributed by atoms with van der Waals surface area (Å²) in [5.41, 5.74) is 7.00. The van der Waals surface area contributed by atoms with Crippen molar-refractivity contribution in [2.75, 3.05) is 4.90 Å². The lowest BCUT2D eigenvalue weighted by Crippen LogP contribution is -2.29. The Labute approximate surface area is 193 Å². The van der Waals surface area contributed by atoms with Crippen LogP contribution in [0.25, 0.3) is 0 Å². The summed E-state index contributed by atoms with van der Waals surface area (Å²) in [6.45, 7) is 5.18. The molecule has 1 fully saturated rings. The van der Waals surface area contributed by atoms with Crippen LogP contribution >= 0.6 is 12.2 Å². The van der Waals surface area contributed by atoms with Crippen molar-refractivity contribution in [2.45, 2.75) is 32.5 Å². The van der Waals surface area contributed by atoms with Crippen molar-refractivity contribution in [1.82, 2.24) is 19.9 Å². The number of nitrogens with zero attached hydrogens (tertiary/aromatic N) is 4. The largest absolute Gasteiger partial charge is 0.351 e. The zero-order chi connectivity index (χ0) is 22.1. The fourth-order valence-corrected chi connectivity index (χ4v) is 4.92. The lowest BCUT2D eigenvalue weighted by atomic mass is 9.96. The van der Waals surface area contributed by atoms with Gasteiger partial charge < -0.3 is 14.8 Å². The molecule has 2 unspecified atom stereocenters. The van der Waals surface area contributed by atoms with Gasteiger partial charge in [-0.05, 0) is 79.7 Å². The Kier molecular flexibility index (Phi) is 5.45. The summed E-state index contributed by atoms with van der Waals surface area (Å²) in [7, 11) is 0. The van der Waals surface area contributed by atoms with Crippen molar-refractivity contribution in [1.29, 1.82) is 0 Å². The Morgan fingerprint density at radius 3 is 2.41 bits per heavy atom. The van der Waals surface area contributed by atoms with Crippen LogP contribution in [0.3, 0.4) is 0 Å². The highest BCUT2D eigenvalue weighted by Crippen LogP contribution is 2.43. The van der Waals surface area contributed by atoms with Gasteiger partial charge in [0.05, 0.1) is 17.8 Å². The van der Waals surface area contributed by atoms with E-state index in [0.717, 1.165) is 23.0 Å². The third-order valence-corrected chi connectivity index (χ3v) is 6.47. The van der Waals surface area contributed by atoms with Gasteiger partial charge in [-0.3, -0.25) is 9.97 Å². The van der Waals surface area contributed by atoms with Crippen LogP contribution < -0.4 is 10.2 Å². The van der Waals surface area contributed by atoms with Crippen LogP contribution in [-0.4, -0.2) is 19.6 Å². The van der Waals surface area contributed by atoms with E-state index in [4.69, 9.17) is 12.2 Å². The van der Waals surface area contributed by atoms with E-state index in [1.165, 1.54) is 22.5 Å². The minimum absolute atomic E-state index is 0.00260. The number of aromatic nitrogens is 3. The number of hydrogen-bond acceptors (Lipinski definition) is 3. The molecule has 0 saturated carbocycles. The predicted molar refractivity (Wildman–Crippen MR) is 132 cm³/mol. The molecule has 0 spiro atoms. The normalized spacial score (nSPS) is 18.1. The molecular formula is C26H25N5S. The zero-order valence-corrected chi connectivity index (χ0v) is 19.0. The smallest absolute Gasteiger partial charge is 0.174 e. The molecule has 0 bridgehead atoms. The average Bonchev–Trinajstić information content (AvgIpc) is 3.32. The molecule has 4 heterocycles. The minimum atomic E-state index is -0.0428. The third-order valence-electron chi connectivity index (χ3n) is 6.15. The molecule has 1 aliphatic rings. The SMILES string of the molecule is Cc1cc(C2C(c3ccccn3)NC(=S)N2c2ccccc2)c(C)n1Cc1ccncc1. The molecule has 1 aromatic carbocycles. The summed E-state index contributed by atoms with van der Waals surface area (Å²) < 4.78 is 2.37. The van der Waals surface area contributed by atoms with E-state index in [9.17, 15) is 0 Å². The first-order valence-corrected chi connectivity index (χ1v) is 11.2. The van der Waals surface area contributed by atoms with E-state index in [0.29, 0.717) is 0 Å². The van der Waals surface area contributed by atoms with E-state index < -0.39 is 0 Å². The van der Waals surface area contributed by atoms with Crippen molar-refractivity contribution < 1.29 is 0 Å². The van der Waals surface area contributed by atoms with Crippen LogP contribution in [0.2, 0.25) is 0 Å². The van der Waals surface area contributed by atoms with Gasteiger partial charge in [0, 0.05) is 42.2 Å². The number of benzene rings is 1. The van der Waals surface area contributed by atoms with Gasteiger partial charge in [0.2, 0.25) is 0 Å². The molecule has 1 saturated heterocycles. The molecule has 2 atom stereocenters. The van der Waals surface area contributed by atoms with Gasteiger partial charge in [-0.25, -0.2) is 0 Å². The van der Waals surface area contributed by atoms with Crippen LogP contribution in [-0.2, 0) is 6.54 Å². The van der Waals surface area contributed by atoms with Gasteiger partial charge in [-0.2, -0.15) is 0 Å². The zero-order valence-electron chi connectivity index (χ0n) is 18.1. The van der Waals surface area contributed by atoms with Crippen LogP contribution in [0.1, 0.15) is 40.3 Å². The first-order chi connectivity index (χ1) is 15.6. The summed E-state index contributed by atoms with van der Waals surface area (Å²) in [6.07, 6.45) is 5.53. The quantitative estimate of drug-likeness (QED) is 0.437. The Morgan fingerprint density at radius 2 is 1.69 bits per heavy atom. The Hall–Kier alpha value is -3.51. The molecule has 0 aliphatic carbocycles. The standard InChI is InChI=1S/C26H25N5S/c1-18-16-22(19(2)30(18)17-20-11-14-27-15-12-20)25-24(23-10-6-7-13-28-23)29-26(32)31(25)21-8-4-3-5-9-21/h3-16,24-25H,17H2,1-2H3,(H,29,32). The lowest BCUT2D eigenvalue weighted by molar-refractivity contribution is 0.563. The van der Waals surface area contributed by atoms with E-state index in [-0.39, 0.29) is 12.1 Å². The molecule has 5 rings (SSSR count). The maximum atomic E-state index is 5.84. The van der Waals surface area contributed by atoms with E-state index >= 15 is 0 Å². The molecule has 4 aromatic rings. The number of thiocarbonyl (C=S) groups is 1. The van der Waals surface area contributed by atoms with Crippen LogP contribution in [0.4, 0.5) is 5.69 Å². The summed E-state index contributed by atoms with van der Waals surface area (Å²) >= 11 is 5.84. The summed E-state index contributed by atoms with van der Waals surface area (Å²) in [6, 6.07) is 22.8. The Balaban J connectivity index is 1.62. The van der Waals surface area contributed by atoms with Gasteiger partial charge in [-0.15, -0.1) is 0 Å². The number of pyridine rings is 2. The molecular weight excluding hydrogens is 414 g/mol. The lowest BCUT2D eigenvalue weighted by Gasteiger charge is -2.28. The monoisotopic (exact) mass is 439 g/mol. The number of hydrogen-bond donors (Lipinski definition) is 1. The molecule has 1 N–H and O–H groups in total. The molecule has 5 nitrogen and oxygen atoms in total. The van der Waals surface area contributed by atoms with Crippen molar-refractivity contribution in [3.8, 4) is 0 Å². The Morgan fingerprint density at radius 1 is 0.938 bits per heavy atom. The second-order valence-electron chi connectivity index (χ2n) is 8.10. The molecule has 1 aliphatic heterocycles. The van der Waals surface area contributed by atoms with Crippen LogP contribution in [0.15, 0.2) is 85.3 Å². The summed E-state index contributed by atoms with van der Waals surface area (Å²) in [4.78, 5) is 11.0. The maximum Gasteiger partial charge on any atom is 0.174 e. The summed E-state index contributed by atoms with van der Waals surface area (Å²) in [5.74, 6) is 0. The first-order valence-electron chi connectivity index (χ1n) is 10.7. The van der Waals surface area contributed by atoms with Crippen LogP contribution in [0, 0.1) is 13.8 Å². The van der Waals surface area contributed by atoms with E-state index in [1.54, 1.807) is 0 Å². The van der Waals surface area contributed by atoms with Crippen molar-refractivity contribution >= 4 is 23.0 Å². The molecule has 160 valence electrons. The number of anilines is 1. The number of aryl methyl sites for hydroxylation is 1. The number of nitrogens with one attached hydrogen (secondary N) is 1. The first kappa shape index (κ1) is 20.4. The third kappa shape index (κ3) is 3.67. The fourth-order valence-electron chi connectivity index (χ4n) is 4.58. The second kappa shape index (κ2) is 8.55. The molecule has 0 radical (unpaired) electrons. The van der Waals surface area contributed by atoms with Gasteiger partial charge in [0.1, 0.15) is 0 Å². The highest BCUT2D eigenvalue weighted by Gasteiger charge is 2.42. The van der Waals surface area contributed by atoms with Gasteiger partial charge in [-0.1, -0.05) is 24.3 Å². The van der Waals surface area contributed by atoms with E-state index in [2.05, 4.69) is 87.1 Å². The van der Waals surface area contributed by atoms with Gasteiger partial charge >= 0.3 is 0 Å². The molecule has 3 aromatic heterocycles. The summed E-state index contributed by atoms with van der Waals surface area (Å²) in [5, 5.41) is 4.27. The number of para-hydroxylation sites is 1. The van der Waals surface area contributed by atoms with Gasteiger partial charge in [0.15, 0.2) is 5.11 Å². The van der Waals surface area contributed by atoms with Crippen LogP contribution in [0.5, 0.6) is 0 Å². The second-order valence-corrected chi connectivity index (χ2v) is 8.49. The van der Waals surface area contributed by atoms with Crippen molar-refractivity contribution in [3.05, 3.63) is 114 Å². The number of rotatable bonds is 5. The topological polar surface area (TPSA) is 46.0 Å². The molecule has 32 heavy (non-hydrogen) atoms. The minimum Gasteiger partial charge on any atom is -0.351 e. The van der Waals surface area contributed by atoms with Gasteiger partial charge in [0.25, 0.3) is 0 Å². The highest BCUT2D eigenvalue weighted by molar-refractivity contribution is 7.80. The van der Waals surface area contributed by atoms with Crippen molar-refractivity contribution in [3.63, 3.8) is 0 Å². The predicted octanol–water partition coefficient (Wildman–Crippen LogP) is 5.12. The van der Waals surface area contributed by atoms with Crippen molar-refractivity contribution in [2.24, 2.45) is 0 Å². The average molecular weight is 440 g/mol. The Bertz CT molecular complexity index is 1220. The fraction of sp³-hybridized carbons (Fsp3) is 0.192. The molecule has 6 heteroatoms. The van der Waals surface area contributed by atoms with E-state index in [1.807, 2.05) is 36.8 Å². The highest BCUT2D eigenvalue weighted by atomic mass is 32.1.